The van der Waals surface area contributed by atoms with Crippen molar-refractivity contribution >= 4 is 12.2 Å². The van der Waals surface area contributed by atoms with E-state index in [-0.39, 0.29) is 13.6 Å². The van der Waals surface area contributed by atoms with E-state index in [0.717, 1.165) is 36.8 Å². The zero-order valence-corrected chi connectivity index (χ0v) is 19.9. The number of unbranched alkanes of at least 4 members (excludes halogenated alkanes) is 1. The zero-order valence-electron chi connectivity index (χ0n) is 19.9. The summed E-state index contributed by atoms with van der Waals surface area (Å²) in [6.07, 6.45) is 8.05. The molecule has 2 aromatic rings. The molecule has 0 aromatic heterocycles. The predicted molar refractivity (Wildman–Crippen MR) is 130 cm³/mol. The van der Waals surface area contributed by atoms with E-state index in [9.17, 15) is 5.11 Å². The molecule has 32 heavy (non-hydrogen) atoms. The number of aliphatic hydroxyl groups is 1. The van der Waals surface area contributed by atoms with E-state index in [1.807, 2.05) is 45.9 Å². The normalized spacial score (nSPS) is 11.8. The summed E-state index contributed by atoms with van der Waals surface area (Å²) in [5.41, 5.74) is 2.83. The van der Waals surface area contributed by atoms with Gasteiger partial charge in [-0.15, -0.1) is 0 Å². The lowest BCUT2D eigenvalue weighted by Crippen LogP contribution is -2.17. The molecule has 2 aromatic carbocycles. The van der Waals surface area contributed by atoms with E-state index in [1.165, 1.54) is 5.56 Å². The van der Waals surface area contributed by atoms with Crippen LogP contribution in [-0.2, 0) is 15.9 Å². The van der Waals surface area contributed by atoms with Crippen molar-refractivity contribution in [2.24, 2.45) is 0 Å². The molecular formula is C27H38O5. The topological polar surface area (TPSA) is 57.2 Å². The molecule has 0 bridgehead atoms. The Kier molecular flexibility index (Phi) is 11.3. The maximum atomic E-state index is 9.86. The van der Waals surface area contributed by atoms with Crippen LogP contribution >= 0.6 is 0 Å². The highest BCUT2D eigenvalue weighted by atomic mass is 16.7. The average molecular weight is 443 g/mol. The van der Waals surface area contributed by atoms with Crippen LogP contribution in [0.2, 0.25) is 0 Å². The molecule has 1 N–H and O–H groups in total. The summed E-state index contributed by atoms with van der Waals surface area (Å²) in [5, 5.41) is 9.86. The van der Waals surface area contributed by atoms with Gasteiger partial charge in [-0.2, -0.15) is 0 Å². The Bertz CT molecular complexity index is 795. The van der Waals surface area contributed by atoms with Crippen molar-refractivity contribution in [2.75, 3.05) is 26.8 Å². The first-order valence-corrected chi connectivity index (χ1v) is 11.4. The summed E-state index contributed by atoms with van der Waals surface area (Å²) in [6.45, 7) is 9.18. The summed E-state index contributed by atoms with van der Waals surface area (Å²) in [7, 11) is 0. The Morgan fingerprint density at radius 2 is 1.44 bits per heavy atom. The maximum absolute atomic E-state index is 9.86. The molecule has 0 aliphatic carbocycles. The summed E-state index contributed by atoms with van der Waals surface area (Å²) < 4.78 is 22.0. The molecule has 0 atom stereocenters. The average Bonchev–Trinajstić information content (AvgIpc) is 2.75. The molecule has 0 radical (unpaired) electrons. The molecule has 5 heteroatoms. The van der Waals surface area contributed by atoms with Crippen molar-refractivity contribution in [3.05, 3.63) is 59.2 Å². The summed E-state index contributed by atoms with van der Waals surface area (Å²) >= 11 is 0. The molecule has 0 aliphatic rings. The highest BCUT2D eigenvalue weighted by Gasteiger charge is 2.11. The molecule has 0 spiro atoms. The van der Waals surface area contributed by atoms with Crippen LogP contribution in [0.15, 0.2) is 42.5 Å². The minimum Gasteiger partial charge on any atom is -0.467 e. The van der Waals surface area contributed by atoms with Crippen LogP contribution in [-0.4, -0.2) is 37.5 Å². The van der Waals surface area contributed by atoms with Crippen LogP contribution in [0.5, 0.6) is 11.5 Å². The Balaban J connectivity index is 2.04. The predicted octanol–water partition coefficient (Wildman–Crippen LogP) is 6.09. The van der Waals surface area contributed by atoms with Crippen LogP contribution < -0.4 is 9.47 Å². The molecule has 0 heterocycles. The van der Waals surface area contributed by atoms with Gasteiger partial charge in [0.2, 0.25) is 0 Å². The van der Waals surface area contributed by atoms with Gasteiger partial charge in [-0.05, 0) is 75.8 Å². The molecule has 0 aliphatic heterocycles. The highest BCUT2D eigenvalue weighted by Crippen LogP contribution is 2.25. The quantitative estimate of drug-likeness (QED) is 0.206. The van der Waals surface area contributed by atoms with Crippen LogP contribution in [0.3, 0.4) is 0 Å². The SMILES string of the molecule is CCOCOc1cc(/C=C/c2cccc(CCCCC(C)(C)O)c2)cc(OCOCC)c1. The van der Waals surface area contributed by atoms with E-state index < -0.39 is 5.60 Å². The van der Waals surface area contributed by atoms with Crippen LogP contribution in [0, 0.1) is 0 Å². The first-order valence-electron chi connectivity index (χ1n) is 11.4. The molecule has 2 rings (SSSR count). The first-order chi connectivity index (χ1) is 15.4. The van der Waals surface area contributed by atoms with Gasteiger partial charge in [0.1, 0.15) is 11.5 Å². The van der Waals surface area contributed by atoms with Gasteiger partial charge in [-0.1, -0.05) is 42.8 Å². The second kappa shape index (κ2) is 13.9. The van der Waals surface area contributed by atoms with Crippen molar-refractivity contribution in [2.45, 2.75) is 59.0 Å². The molecule has 0 saturated carbocycles. The largest absolute Gasteiger partial charge is 0.467 e. The minimum atomic E-state index is -0.587. The molecule has 0 saturated heterocycles. The van der Waals surface area contributed by atoms with Gasteiger partial charge in [-0.25, -0.2) is 0 Å². The molecule has 0 unspecified atom stereocenters. The fraction of sp³-hybridized carbons (Fsp3) is 0.481. The lowest BCUT2D eigenvalue weighted by molar-refractivity contribution is 0.0182. The summed E-state index contributed by atoms with van der Waals surface area (Å²) in [6, 6.07) is 14.3. The standard InChI is InChI=1S/C27H38O5/c1-5-29-20-31-25-17-24(18-26(19-25)32-21-30-6-2)14-13-23-12-9-11-22(16-23)10-7-8-15-27(3,4)28/h9,11-14,16-19,28H,5-8,10,15,20-21H2,1-4H3/b14-13+. The number of aryl methyl sites for hydroxylation is 1. The highest BCUT2D eigenvalue weighted by molar-refractivity contribution is 5.71. The van der Waals surface area contributed by atoms with Gasteiger partial charge in [0.15, 0.2) is 13.6 Å². The van der Waals surface area contributed by atoms with Crippen molar-refractivity contribution in [1.82, 2.24) is 0 Å². The van der Waals surface area contributed by atoms with Crippen molar-refractivity contribution < 1.29 is 24.1 Å². The second-order valence-electron chi connectivity index (χ2n) is 8.35. The first kappa shape index (κ1) is 25.9. The summed E-state index contributed by atoms with van der Waals surface area (Å²) in [4.78, 5) is 0. The van der Waals surface area contributed by atoms with Gasteiger partial charge >= 0.3 is 0 Å². The Labute approximate surface area is 193 Å². The molecular weight excluding hydrogens is 404 g/mol. The lowest BCUT2D eigenvalue weighted by atomic mass is 9.98. The number of rotatable bonds is 15. The van der Waals surface area contributed by atoms with E-state index in [2.05, 4.69) is 36.4 Å². The fourth-order valence-corrected chi connectivity index (χ4v) is 3.17. The third-order valence-electron chi connectivity index (χ3n) is 4.85. The third kappa shape index (κ3) is 10.8. The van der Waals surface area contributed by atoms with Gasteiger partial charge in [0, 0.05) is 19.3 Å². The van der Waals surface area contributed by atoms with E-state index >= 15 is 0 Å². The van der Waals surface area contributed by atoms with Gasteiger partial charge in [-0.3, -0.25) is 0 Å². The van der Waals surface area contributed by atoms with E-state index in [1.54, 1.807) is 0 Å². The number of hydrogen-bond donors (Lipinski definition) is 1. The van der Waals surface area contributed by atoms with Crippen LogP contribution in [0.1, 0.15) is 63.6 Å². The molecule has 5 nitrogen and oxygen atoms in total. The van der Waals surface area contributed by atoms with Crippen molar-refractivity contribution in [3.63, 3.8) is 0 Å². The summed E-state index contributed by atoms with van der Waals surface area (Å²) in [5.74, 6) is 1.38. The molecule has 0 fully saturated rings. The zero-order chi connectivity index (χ0) is 23.2. The number of benzene rings is 2. The minimum absolute atomic E-state index is 0.198. The van der Waals surface area contributed by atoms with Crippen molar-refractivity contribution in [1.29, 1.82) is 0 Å². The molecule has 176 valence electrons. The maximum Gasteiger partial charge on any atom is 0.189 e. The van der Waals surface area contributed by atoms with Crippen LogP contribution in [0.4, 0.5) is 0 Å². The third-order valence-corrected chi connectivity index (χ3v) is 4.85. The van der Waals surface area contributed by atoms with Gasteiger partial charge in [0.05, 0.1) is 5.60 Å². The number of ether oxygens (including phenoxy) is 4. The monoisotopic (exact) mass is 442 g/mol. The van der Waals surface area contributed by atoms with Crippen molar-refractivity contribution in [3.8, 4) is 11.5 Å². The second-order valence-corrected chi connectivity index (χ2v) is 8.35. The molecule has 0 amide bonds. The fourth-order valence-electron chi connectivity index (χ4n) is 3.17. The smallest absolute Gasteiger partial charge is 0.189 e. The Hall–Kier alpha value is -2.34. The Morgan fingerprint density at radius 1 is 0.812 bits per heavy atom. The lowest BCUT2D eigenvalue weighted by Gasteiger charge is -2.16. The van der Waals surface area contributed by atoms with Gasteiger partial charge in [0.25, 0.3) is 0 Å². The number of hydrogen-bond acceptors (Lipinski definition) is 5. The van der Waals surface area contributed by atoms with E-state index in [0.29, 0.717) is 24.7 Å². The van der Waals surface area contributed by atoms with Gasteiger partial charge < -0.3 is 24.1 Å². The van der Waals surface area contributed by atoms with E-state index in [4.69, 9.17) is 18.9 Å². The Morgan fingerprint density at radius 3 is 2.03 bits per heavy atom. The van der Waals surface area contributed by atoms with Crippen LogP contribution in [0.25, 0.3) is 12.2 Å².